The number of thiazole rings is 1. The second-order valence-electron chi connectivity index (χ2n) is 14.3. The van der Waals surface area contributed by atoms with Gasteiger partial charge in [-0.15, -0.1) is 11.3 Å². The van der Waals surface area contributed by atoms with Crippen molar-refractivity contribution in [1.82, 2.24) is 25.4 Å². The molecule has 0 aliphatic carbocycles. The summed E-state index contributed by atoms with van der Waals surface area (Å²) in [5.74, 6) is -2.93. The average molecular weight is 732 g/mol. The number of amides is 3. The molecule has 3 rings (SSSR count). The Hall–Kier alpha value is -3.59. The summed E-state index contributed by atoms with van der Waals surface area (Å²) in [5, 5.41) is 48.3. The normalized spacial score (nSPS) is 18.6. The van der Waals surface area contributed by atoms with E-state index in [0.717, 1.165) is 42.7 Å². The molecule has 284 valence electrons. The van der Waals surface area contributed by atoms with Crippen molar-refractivity contribution in [2.45, 2.75) is 110 Å². The number of aliphatic carboxylic acids is 1. The summed E-state index contributed by atoms with van der Waals surface area (Å²) in [4.78, 5) is 60.6. The summed E-state index contributed by atoms with van der Waals surface area (Å²) in [6.45, 7) is 9.83. The largest absolute Gasteiger partial charge is 0.508 e. The monoisotopic (exact) mass is 731 g/mol. The fourth-order valence-corrected chi connectivity index (χ4v) is 7.39. The fraction of sp³-hybridized carbons (Fsp3) is 0.649. The van der Waals surface area contributed by atoms with Crippen LogP contribution in [0, 0.1) is 17.8 Å². The van der Waals surface area contributed by atoms with Crippen LogP contribution in [0.4, 0.5) is 0 Å². The molecule has 1 saturated heterocycles. The lowest BCUT2D eigenvalue weighted by Crippen LogP contribution is -2.59. The van der Waals surface area contributed by atoms with Crippen molar-refractivity contribution in [2.75, 3.05) is 26.7 Å². The number of nitrogens with one attached hydrogen (secondary N) is 2. The summed E-state index contributed by atoms with van der Waals surface area (Å²) >= 11 is 1.11. The van der Waals surface area contributed by atoms with Crippen molar-refractivity contribution in [3.8, 4) is 5.75 Å². The minimum Gasteiger partial charge on any atom is -0.508 e. The van der Waals surface area contributed by atoms with E-state index in [1.807, 2.05) is 39.6 Å². The number of nitrogens with zero attached hydrogens (tertiary/aromatic N) is 3. The Morgan fingerprint density at radius 1 is 1.06 bits per heavy atom. The van der Waals surface area contributed by atoms with Gasteiger partial charge in [0.15, 0.2) is 0 Å². The lowest BCUT2D eigenvalue weighted by Gasteiger charge is -2.39. The molecule has 1 aromatic carbocycles. The third-order valence-electron chi connectivity index (χ3n) is 9.96. The molecule has 1 fully saturated rings. The third-order valence-corrected chi connectivity index (χ3v) is 10.9. The molecule has 0 saturated carbocycles. The Morgan fingerprint density at radius 3 is 2.33 bits per heavy atom. The SMILES string of the molecule is CC[C@H](C)[C@H](NC(=O)[C@H]1CCCCN1C)C(=O)N(CCO)[C@H](C[C@@H](O)c1nc(C(=O)N[C@@H](Cc2ccc(O)cc2)C[C@H](C)C(=O)O)cs1)C(C)C. The number of phenols is 1. The Morgan fingerprint density at radius 2 is 1.75 bits per heavy atom. The number of hydrogen-bond acceptors (Lipinski definition) is 10. The molecule has 7 atom stereocenters. The highest BCUT2D eigenvalue weighted by molar-refractivity contribution is 7.09. The molecule has 14 heteroatoms. The van der Waals surface area contributed by atoms with Crippen LogP contribution in [0.5, 0.6) is 5.75 Å². The highest BCUT2D eigenvalue weighted by atomic mass is 32.1. The second-order valence-corrected chi connectivity index (χ2v) is 15.2. The molecule has 51 heavy (non-hydrogen) atoms. The quantitative estimate of drug-likeness (QED) is 0.124. The van der Waals surface area contributed by atoms with E-state index in [1.54, 1.807) is 24.0 Å². The molecule has 3 amide bonds. The highest BCUT2D eigenvalue weighted by Crippen LogP contribution is 2.29. The fourth-order valence-electron chi connectivity index (χ4n) is 6.60. The van der Waals surface area contributed by atoms with Gasteiger partial charge in [0.1, 0.15) is 28.6 Å². The molecular formula is C37H57N5O8S. The molecule has 0 spiro atoms. The van der Waals surface area contributed by atoms with E-state index in [9.17, 15) is 39.6 Å². The number of carbonyl (C=O) groups is 4. The van der Waals surface area contributed by atoms with E-state index in [2.05, 4.69) is 15.6 Å². The predicted octanol–water partition coefficient (Wildman–Crippen LogP) is 3.58. The van der Waals surface area contributed by atoms with E-state index in [4.69, 9.17) is 0 Å². The van der Waals surface area contributed by atoms with Crippen LogP contribution in [0.25, 0.3) is 0 Å². The Labute approximate surface area is 305 Å². The molecular weight excluding hydrogens is 675 g/mol. The van der Waals surface area contributed by atoms with Gasteiger partial charge in [-0.05, 0) is 68.8 Å². The van der Waals surface area contributed by atoms with E-state index in [1.165, 1.54) is 17.5 Å². The maximum absolute atomic E-state index is 14.2. The van der Waals surface area contributed by atoms with E-state index in [-0.39, 0.29) is 72.1 Å². The number of likely N-dealkylation sites (tertiary alicyclic amines) is 1. The molecule has 1 aliphatic rings. The Bertz CT molecular complexity index is 1440. The van der Waals surface area contributed by atoms with Gasteiger partial charge in [-0.1, -0.05) is 59.6 Å². The number of benzene rings is 1. The topological polar surface area (TPSA) is 193 Å². The Kier molecular flexibility index (Phi) is 16.3. The predicted molar refractivity (Wildman–Crippen MR) is 195 cm³/mol. The number of carboxylic acids is 1. The molecule has 1 aromatic heterocycles. The van der Waals surface area contributed by atoms with Gasteiger partial charge >= 0.3 is 5.97 Å². The molecule has 2 heterocycles. The number of likely N-dealkylation sites (N-methyl/N-ethyl adjacent to an activating group) is 1. The lowest BCUT2D eigenvalue weighted by molar-refractivity contribution is -0.143. The maximum atomic E-state index is 14.2. The number of aliphatic hydroxyl groups excluding tert-OH is 2. The first-order valence-corrected chi connectivity index (χ1v) is 18.9. The first kappa shape index (κ1) is 41.8. The number of hydrogen-bond donors (Lipinski definition) is 6. The summed E-state index contributed by atoms with van der Waals surface area (Å²) in [6, 6.07) is 4.29. The molecule has 0 radical (unpaired) electrons. The zero-order valence-corrected chi connectivity index (χ0v) is 31.6. The molecule has 0 unspecified atom stereocenters. The number of phenolic OH excluding ortho intramolecular Hbond substituents is 1. The number of carboxylic acid groups (broad SMARTS) is 1. The number of rotatable bonds is 19. The van der Waals surface area contributed by atoms with E-state index in [0.29, 0.717) is 12.8 Å². The number of piperidine rings is 1. The average Bonchev–Trinajstić information content (AvgIpc) is 3.60. The summed E-state index contributed by atoms with van der Waals surface area (Å²) in [6.07, 6.45) is 2.79. The van der Waals surface area contributed by atoms with Crippen molar-refractivity contribution in [3.63, 3.8) is 0 Å². The summed E-state index contributed by atoms with van der Waals surface area (Å²) in [7, 11) is 1.92. The van der Waals surface area contributed by atoms with Crippen LogP contribution in [0.15, 0.2) is 29.6 Å². The second kappa shape index (κ2) is 19.9. The van der Waals surface area contributed by atoms with E-state index < -0.39 is 42.0 Å². The van der Waals surface area contributed by atoms with Crippen LogP contribution in [-0.2, 0) is 20.8 Å². The van der Waals surface area contributed by atoms with Crippen LogP contribution in [-0.4, -0.2) is 110 Å². The summed E-state index contributed by atoms with van der Waals surface area (Å²) < 4.78 is 0. The van der Waals surface area contributed by atoms with Gasteiger partial charge < -0.3 is 36.0 Å². The van der Waals surface area contributed by atoms with Gasteiger partial charge in [-0.3, -0.25) is 24.1 Å². The van der Waals surface area contributed by atoms with Crippen molar-refractivity contribution >= 4 is 35.0 Å². The number of aliphatic hydroxyl groups is 2. The molecule has 1 aliphatic heterocycles. The van der Waals surface area contributed by atoms with Gasteiger partial charge in [0.25, 0.3) is 5.91 Å². The number of aromatic hydroxyl groups is 1. The van der Waals surface area contributed by atoms with Crippen molar-refractivity contribution in [3.05, 3.63) is 45.9 Å². The standard InChI is InChI=1S/C37H57N5O8S/c1-7-23(4)32(40-34(47)29-10-8-9-15-41(29)6)36(48)42(16-17-43)30(22(2)3)20-31(45)35-39-28(21-51-35)33(46)38-26(18-24(5)37(49)50)19-25-11-13-27(44)14-12-25/h11-14,21-24,26,29-32,43-45H,7-10,15-20H2,1-6H3,(H,38,46)(H,40,47)(H,49,50)/t23-,24-,26+,29+,30+,31+,32-/m0/s1. The van der Waals surface area contributed by atoms with Gasteiger partial charge in [0.2, 0.25) is 11.8 Å². The molecule has 2 aromatic rings. The summed E-state index contributed by atoms with van der Waals surface area (Å²) in [5.41, 5.74) is 0.882. The number of aromatic nitrogens is 1. The van der Waals surface area contributed by atoms with Crippen LogP contribution >= 0.6 is 11.3 Å². The molecule has 6 N–H and O–H groups in total. The number of carbonyl (C=O) groups excluding carboxylic acids is 3. The minimum absolute atomic E-state index is 0.0171. The van der Waals surface area contributed by atoms with Crippen LogP contribution < -0.4 is 10.6 Å². The van der Waals surface area contributed by atoms with Crippen LogP contribution in [0.3, 0.4) is 0 Å². The molecule has 0 bridgehead atoms. The first-order chi connectivity index (χ1) is 24.2. The zero-order chi connectivity index (χ0) is 37.8. The van der Waals surface area contributed by atoms with E-state index >= 15 is 0 Å². The first-order valence-electron chi connectivity index (χ1n) is 18.0. The van der Waals surface area contributed by atoms with Crippen molar-refractivity contribution < 1.29 is 39.6 Å². The zero-order valence-electron chi connectivity index (χ0n) is 30.7. The third kappa shape index (κ3) is 12.0. The van der Waals surface area contributed by atoms with Gasteiger partial charge in [0.05, 0.1) is 18.6 Å². The van der Waals surface area contributed by atoms with Gasteiger partial charge in [-0.2, -0.15) is 0 Å². The van der Waals surface area contributed by atoms with Crippen LogP contribution in [0.2, 0.25) is 0 Å². The highest BCUT2D eigenvalue weighted by Gasteiger charge is 2.38. The molecule has 13 nitrogen and oxygen atoms in total. The van der Waals surface area contributed by atoms with Crippen molar-refractivity contribution in [2.24, 2.45) is 17.8 Å². The minimum atomic E-state index is -1.13. The smallest absolute Gasteiger partial charge is 0.306 e. The van der Waals surface area contributed by atoms with Gasteiger partial charge in [0, 0.05) is 30.4 Å². The maximum Gasteiger partial charge on any atom is 0.306 e. The Balaban J connectivity index is 1.77. The van der Waals surface area contributed by atoms with Crippen LogP contribution in [0.1, 0.15) is 100 Å². The van der Waals surface area contributed by atoms with Crippen molar-refractivity contribution in [1.29, 1.82) is 0 Å². The van der Waals surface area contributed by atoms with Gasteiger partial charge in [-0.25, -0.2) is 4.98 Å². The lowest BCUT2D eigenvalue weighted by atomic mass is 9.92.